The Balaban J connectivity index is 1.80. The summed E-state index contributed by atoms with van der Waals surface area (Å²) in [7, 11) is 1.69. The molecule has 1 atom stereocenters. The maximum atomic E-state index is 5.62. The molecule has 1 saturated heterocycles. The number of morpholine rings is 1. The Labute approximate surface area is 105 Å². The van der Waals surface area contributed by atoms with Crippen molar-refractivity contribution < 1.29 is 9.47 Å². The van der Waals surface area contributed by atoms with Gasteiger partial charge < -0.3 is 14.4 Å². The highest BCUT2D eigenvalue weighted by Gasteiger charge is 2.23. The fraction of sp³-hybridized carbons (Fsp3) is 0.500. The molecule has 0 radical (unpaired) electrons. The van der Waals surface area contributed by atoms with Crippen molar-refractivity contribution in [3.05, 3.63) is 24.4 Å². The Kier molecular flexibility index (Phi) is 3.12. The van der Waals surface area contributed by atoms with Gasteiger partial charge in [-0.2, -0.15) is 4.98 Å². The quantitative estimate of drug-likeness (QED) is 0.795. The third-order valence-electron chi connectivity index (χ3n) is 3.00. The molecule has 1 aliphatic heterocycles. The molecule has 6 heteroatoms. The van der Waals surface area contributed by atoms with E-state index in [1.54, 1.807) is 11.6 Å². The van der Waals surface area contributed by atoms with Crippen molar-refractivity contribution in [3.63, 3.8) is 0 Å². The highest BCUT2D eigenvalue weighted by molar-refractivity contribution is 5.44. The van der Waals surface area contributed by atoms with Gasteiger partial charge >= 0.3 is 0 Å². The Morgan fingerprint density at radius 1 is 1.50 bits per heavy atom. The summed E-state index contributed by atoms with van der Waals surface area (Å²) >= 11 is 0. The first-order valence-electron chi connectivity index (χ1n) is 6.04. The van der Waals surface area contributed by atoms with Gasteiger partial charge in [-0.3, -0.25) is 0 Å². The minimum Gasteiger partial charge on any atom is -0.382 e. The van der Waals surface area contributed by atoms with E-state index in [2.05, 4.69) is 15.0 Å². The minimum absolute atomic E-state index is 0.0929. The van der Waals surface area contributed by atoms with E-state index in [4.69, 9.17) is 9.47 Å². The second-order valence-corrected chi connectivity index (χ2v) is 4.31. The van der Waals surface area contributed by atoms with Crippen LogP contribution in [0.2, 0.25) is 0 Å². The summed E-state index contributed by atoms with van der Waals surface area (Å²) in [6, 6.07) is 5.85. The smallest absolute Gasteiger partial charge is 0.245 e. The summed E-state index contributed by atoms with van der Waals surface area (Å²) < 4.78 is 12.5. The van der Waals surface area contributed by atoms with Crippen LogP contribution >= 0.6 is 0 Å². The summed E-state index contributed by atoms with van der Waals surface area (Å²) in [4.78, 5) is 6.65. The Hall–Kier alpha value is -1.66. The number of methoxy groups -OCH3 is 1. The zero-order valence-corrected chi connectivity index (χ0v) is 10.3. The Bertz CT molecular complexity index is 493. The van der Waals surface area contributed by atoms with Crippen LogP contribution < -0.4 is 4.90 Å². The fourth-order valence-electron chi connectivity index (χ4n) is 2.14. The van der Waals surface area contributed by atoms with Crippen molar-refractivity contribution in [1.82, 2.24) is 14.6 Å². The third kappa shape index (κ3) is 2.16. The molecule has 0 spiro atoms. The Morgan fingerprint density at radius 3 is 3.28 bits per heavy atom. The molecule has 1 aliphatic rings. The van der Waals surface area contributed by atoms with Crippen molar-refractivity contribution in [1.29, 1.82) is 0 Å². The second-order valence-electron chi connectivity index (χ2n) is 4.31. The second kappa shape index (κ2) is 4.91. The number of aromatic nitrogens is 3. The van der Waals surface area contributed by atoms with Crippen LogP contribution in [0.15, 0.2) is 24.4 Å². The van der Waals surface area contributed by atoms with Crippen molar-refractivity contribution in [2.45, 2.75) is 6.10 Å². The Morgan fingerprint density at radius 2 is 2.44 bits per heavy atom. The minimum atomic E-state index is 0.0929. The molecule has 1 unspecified atom stereocenters. The van der Waals surface area contributed by atoms with Crippen LogP contribution in [0.4, 0.5) is 5.95 Å². The van der Waals surface area contributed by atoms with Gasteiger partial charge in [-0.1, -0.05) is 6.07 Å². The van der Waals surface area contributed by atoms with E-state index in [0.29, 0.717) is 13.2 Å². The van der Waals surface area contributed by atoms with E-state index in [9.17, 15) is 0 Å². The maximum Gasteiger partial charge on any atom is 0.245 e. The number of rotatable bonds is 3. The van der Waals surface area contributed by atoms with E-state index in [1.165, 1.54) is 0 Å². The molecule has 3 rings (SSSR count). The van der Waals surface area contributed by atoms with Gasteiger partial charge in [0.05, 0.1) is 19.3 Å². The van der Waals surface area contributed by atoms with Crippen molar-refractivity contribution in [3.8, 4) is 0 Å². The number of hydrogen-bond donors (Lipinski definition) is 0. The summed E-state index contributed by atoms with van der Waals surface area (Å²) in [6.45, 7) is 2.87. The van der Waals surface area contributed by atoms with Gasteiger partial charge in [0.2, 0.25) is 5.95 Å². The normalized spacial score (nSPS) is 20.5. The zero-order chi connectivity index (χ0) is 12.4. The first-order valence-corrected chi connectivity index (χ1v) is 6.04. The van der Waals surface area contributed by atoms with Crippen molar-refractivity contribution >= 4 is 11.6 Å². The molecule has 18 heavy (non-hydrogen) atoms. The van der Waals surface area contributed by atoms with E-state index in [0.717, 1.165) is 24.7 Å². The van der Waals surface area contributed by atoms with Gasteiger partial charge in [-0.05, 0) is 12.1 Å². The fourth-order valence-corrected chi connectivity index (χ4v) is 2.14. The molecule has 0 aromatic carbocycles. The van der Waals surface area contributed by atoms with Crippen molar-refractivity contribution in [2.75, 3.05) is 38.3 Å². The lowest BCUT2D eigenvalue weighted by Crippen LogP contribution is -2.44. The van der Waals surface area contributed by atoms with Crippen molar-refractivity contribution in [2.24, 2.45) is 0 Å². The van der Waals surface area contributed by atoms with Gasteiger partial charge in [0, 0.05) is 26.4 Å². The van der Waals surface area contributed by atoms with Crippen LogP contribution in [-0.4, -0.2) is 54.1 Å². The van der Waals surface area contributed by atoms with Crippen LogP contribution in [0.3, 0.4) is 0 Å². The van der Waals surface area contributed by atoms with E-state index in [1.807, 2.05) is 24.4 Å². The maximum absolute atomic E-state index is 5.62. The molecule has 0 amide bonds. The molecule has 1 fully saturated rings. The molecule has 3 heterocycles. The van der Waals surface area contributed by atoms with Crippen LogP contribution in [0.1, 0.15) is 0 Å². The summed E-state index contributed by atoms with van der Waals surface area (Å²) in [6.07, 6.45) is 1.99. The number of hydrogen-bond acceptors (Lipinski definition) is 5. The molecule has 2 aromatic rings. The number of anilines is 1. The number of fused-ring (bicyclic) bond motifs is 1. The van der Waals surface area contributed by atoms with Crippen LogP contribution in [-0.2, 0) is 9.47 Å². The van der Waals surface area contributed by atoms with Crippen LogP contribution in [0, 0.1) is 0 Å². The summed E-state index contributed by atoms with van der Waals surface area (Å²) in [5.41, 5.74) is 0.863. The first-order chi connectivity index (χ1) is 8.86. The van der Waals surface area contributed by atoms with Gasteiger partial charge in [-0.25, -0.2) is 4.52 Å². The predicted octanol–water partition coefficient (Wildman–Crippen LogP) is 0.581. The first kappa shape index (κ1) is 11.4. The monoisotopic (exact) mass is 248 g/mol. The summed E-state index contributed by atoms with van der Waals surface area (Å²) in [5, 5.41) is 4.47. The molecule has 96 valence electrons. The van der Waals surface area contributed by atoms with Gasteiger partial charge in [-0.15, -0.1) is 5.10 Å². The molecule has 2 aromatic heterocycles. The van der Waals surface area contributed by atoms with Gasteiger partial charge in [0.15, 0.2) is 5.65 Å². The standard InChI is InChI=1S/C12H16N4O2/c1-17-9-10-8-15(6-7-18-10)12-13-11-4-2-3-5-16(11)14-12/h2-5,10H,6-9H2,1H3. The number of pyridine rings is 1. The van der Waals surface area contributed by atoms with E-state index < -0.39 is 0 Å². The predicted molar refractivity (Wildman–Crippen MR) is 66.8 cm³/mol. The largest absolute Gasteiger partial charge is 0.382 e. The highest BCUT2D eigenvalue weighted by Crippen LogP contribution is 2.14. The molecule has 0 N–H and O–H groups in total. The topological polar surface area (TPSA) is 51.9 Å². The molecular weight excluding hydrogens is 232 g/mol. The average Bonchev–Trinajstić information content (AvgIpc) is 2.83. The van der Waals surface area contributed by atoms with Gasteiger partial charge in [0.1, 0.15) is 0 Å². The van der Waals surface area contributed by atoms with E-state index >= 15 is 0 Å². The number of ether oxygens (including phenoxy) is 2. The summed E-state index contributed by atoms with van der Waals surface area (Å²) in [5.74, 6) is 0.755. The lowest BCUT2D eigenvalue weighted by Gasteiger charge is -2.31. The highest BCUT2D eigenvalue weighted by atomic mass is 16.5. The lowest BCUT2D eigenvalue weighted by atomic mass is 10.3. The zero-order valence-electron chi connectivity index (χ0n) is 10.3. The van der Waals surface area contributed by atoms with E-state index in [-0.39, 0.29) is 6.10 Å². The SMILES string of the molecule is COCC1CN(c2nc3ccccn3n2)CCO1. The molecule has 0 bridgehead atoms. The molecule has 6 nitrogen and oxygen atoms in total. The van der Waals surface area contributed by atoms with Gasteiger partial charge in [0.25, 0.3) is 0 Å². The molecule has 0 saturated carbocycles. The average molecular weight is 248 g/mol. The number of nitrogens with zero attached hydrogens (tertiary/aromatic N) is 4. The lowest BCUT2D eigenvalue weighted by molar-refractivity contribution is -0.0104. The van der Waals surface area contributed by atoms with Crippen LogP contribution in [0.5, 0.6) is 0 Å². The third-order valence-corrected chi connectivity index (χ3v) is 3.00. The van der Waals surface area contributed by atoms with Crippen LogP contribution in [0.25, 0.3) is 5.65 Å². The molecule has 0 aliphatic carbocycles. The molecular formula is C12H16N4O2.